The Morgan fingerprint density at radius 1 is 0.571 bits per heavy atom. The minimum atomic E-state index is -3.40. The van der Waals surface area contributed by atoms with Gasteiger partial charge in [0.2, 0.25) is 0 Å². The normalized spacial score (nSPS) is 52.0. The Balaban J connectivity index is 2.14. The third-order valence-corrected chi connectivity index (χ3v) is 6.10. The van der Waals surface area contributed by atoms with E-state index < -0.39 is 20.4 Å². The molecule has 10 heteroatoms. The summed E-state index contributed by atoms with van der Waals surface area (Å²) in [6.45, 7) is -0.231. The Labute approximate surface area is 81.6 Å². The van der Waals surface area contributed by atoms with Crippen LogP contribution in [0.4, 0.5) is 0 Å². The van der Waals surface area contributed by atoms with Crippen molar-refractivity contribution in [3.63, 3.8) is 0 Å². The molecule has 4 fully saturated rings. The van der Waals surface area contributed by atoms with Crippen LogP contribution in [0.3, 0.4) is 0 Å². The Bertz CT molecular complexity index is 397. The monoisotopic (exact) mass is 240 g/mol. The second-order valence-corrected chi connectivity index (χ2v) is 7.25. The predicted molar refractivity (Wildman–Crippen MR) is 44.7 cm³/mol. The van der Waals surface area contributed by atoms with E-state index in [0.29, 0.717) is 0 Å². The van der Waals surface area contributed by atoms with Crippen LogP contribution < -0.4 is 0 Å². The maximum atomic E-state index is 11.6. The molecule has 14 heavy (non-hydrogen) atoms. The second kappa shape index (κ2) is 2.28. The molecular formula is C4H8N4O4S2. The molecule has 0 spiro atoms. The molecule has 0 N–H and O–H groups in total. The van der Waals surface area contributed by atoms with Crippen LogP contribution in [0.1, 0.15) is 0 Å². The zero-order valence-corrected chi connectivity index (χ0v) is 8.70. The summed E-state index contributed by atoms with van der Waals surface area (Å²) >= 11 is 0. The minimum Gasteiger partial charge on any atom is -0.195 e. The summed E-state index contributed by atoms with van der Waals surface area (Å²) in [4.78, 5) is 0. The van der Waals surface area contributed by atoms with Crippen molar-refractivity contribution in [2.24, 2.45) is 0 Å². The Hall–Kier alpha value is -0.260. The van der Waals surface area contributed by atoms with Gasteiger partial charge in [-0.1, -0.05) is 0 Å². The third-order valence-electron chi connectivity index (χ3n) is 2.57. The van der Waals surface area contributed by atoms with E-state index >= 15 is 0 Å². The Kier molecular flexibility index (Phi) is 1.47. The number of nitrogens with zero attached hydrogens (tertiary/aromatic N) is 4. The summed E-state index contributed by atoms with van der Waals surface area (Å²) in [5, 5.41) is 0. The van der Waals surface area contributed by atoms with Gasteiger partial charge in [-0.05, 0) is 0 Å². The van der Waals surface area contributed by atoms with E-state index in [9.17, 15) is 16.8 Å². The SMILES string of the molecule is O=S1(=O)N2CN3CN1CN(C2)S3(=O)=O. The molecule has 0 radical (unpaired) electrons. The highest BCUT2D eigenvalue weighted by atomic mass is 32.2. The lowest BCUT2D eigenvalue weighted by Crippen LogP contribution is -2.75. The lowest BCUT2D eigenvalue weighted by molar-refractivity contribution is 0.0355. The van der Waals surface area contributed by atoms with Gasteiger partial charge in [0.15, 0.2) is 0 Å². The van der Waals surface area contributed by atoms with Gasteiger partial charge in [-0.3, -0.25) is 0 Å². The molecule has 4 heterocycles. The molecule has 4 aliphatic rings. The van der Waals surface area contributed by atoms with Gasteiger partial charge in [-0.2, -0.15) is 34.1 Å². The van der Waals surface area contributed by atoms with E-state index in [4.69, 9.17) is 0 Å². The predicted octanol–water partition coefficient (Wildman–Crippen LogP) is -2.45. The van der Waals surface area contributed by atoms with Crippen LogP contribution in [-0.4, -0.2) is 60.7 Å². The van der Waals surface area contributed by atoms with Crippen LogP contribution in [0.5, 0.6) is 0 Å². The highest BCUT2D eigenvalue weighted by Gasteiger charge is 2.54. The lowest BCUT2D eigenvalue weighted by atomic mass is 10.7. The average Bonchev–Trinajstić information content (AvgIpc) is 1.98. The van der Waals surface area contributed by atoms with Crippen molar-refractivity contribution in [2.45, 2.75) is 0 Å². The topological polar surface area (TPSA) is 81.2 Å². The molecule has 4 rings (SSSR count). The number of hydrogen-bond donors (Lipinski definition) is 0. The first-order valence-corrected chi connectivity index (χ1v) is 6.72. The molecule has 0 amide bonds. The largest absolute Gasteiger partial charge is 0.286 e. The first kappa shape index (κ1) is 9.00. The fourth-order valence-corrected chi connectivity index (χ4v) is 5.02. The summed E-state index contributed by atoms with van der Waals surface area (Å²) in [5.41, 5.74) is 0. The molecule has 0 aromatic rings. The molecule has 4 aliphatic heterocycles. The Morgan fingerprint density at radius 3 is 1.00 bits per heavy atom. The molecule has 80 valence electrons. The van der Waals surface area contributed by atoms with Gasteiger partial charge in [0.25, 0.3) is 20.4 Å². The Morgan fingerprint density at radius 2 is 0.786 bits per heavy atom. The first-order chi connectivity index (χ1) is 6.42. The molecule has 8 nitrogen and oxygen atoms in total. The lowest BCUT2D eigenvalue weighted by Gasteiger charge is -2.53. The molecule has 0 atom stereocenters. The highest BCUT2D eigenvalue weighted by Crippen LogP contribution is 2.32. The fraction of sp³-hybridized carbons (Fsp3) is 1.00. The van der Waals surface area contributed by atoms with E-state index in [1.54, 1.807) is 0 Å². The summed E-state index contributed by atoms with van der Waals surface area (Å²) in [6, 6.07) is 0. The van der Waals surface area contributed by atoms with E-state index in [1.807, 2.05) is 0 Å². The van der Waals surface area contributed by atoms with Crippen LogP contribution in [0, 0.1) is 0 Å². The van der Waals surface area contributed by atoms with Crippen LogP contribution >= 0.6 is 0 Å². The number of hydrogen-bond acceptors (Lipinski definition) is 4. The zero-order valence-electron chi connectivity index (χ0n) is 7.07. The average molecular weight is 240 g/mol. The van der Waals surface area contributed by atoms with Crippen molar-refractivity contribution < 1.29 is 16.8 Å². The van der Waals surface area contributed by atoms with Crippen molar-refractivity contribution in [3.05, 3.63) is 0 Å². The van der Waals surface area contributed by atoms with Crippen molar-refractivity contribution in [3.8, 4) is 0 Å². The van der Waals surface area contributed by atoms with Gasteiger partial charge >= 0.3 is 0 Å². The van der Waals surface area contributed by atoms with Crippen molar-refractivity contribution in [1.29, 1.82) is 0 Å². The van der Waals surface area contributed by atoms with Gasteiger partial charge in [0.1, 0.15) is 0 Å². The standard InChI is InChI=1S/C4H8N4O4S2/c9-13(10)5-1-6-3-8(13)4-7(2-5)14(6,11)12/h1-4H2. The van der Waals surface area contributed by atoms with Gasteiger partial charge < -0.3 is 0 Å². The summed E-state index contributed by atoms with van der Waals surface area (Å²) in [5.74, 6) is 0. The van der Waals surface area contributed by atoms with Gasteiger partial charge in [-0.15, -0.1) is 0 Å². The molecule has 0 aromatic heterocycles. The fourth-order valence-electron chi connectivity index (χ4n) is 1.79. The molecular weight excluding hydrogens is 232 g/mol. The summed E-state index contributed by atoms with van der Waals surface area (Å²) in [7, 11) is -6.80. The van der Waals surface area contributed by atoms with E-state index in [0.717, 1.165) is 17.2 Å². The zero-order chi connectivity index (χ0) is 10.1. The van der Waals surface area contributed by atoms with Gasteiger partial charge in [0.05, 0.1) is 26.7 Å². The smallest absolute Gasteiger partial charge is 0.195 e. The quantitative estimate of drug-likeness (QED) is 0.471. The minimum absolute atomic E-state index is 0.0579. The van der Waals surface area contributed by atoms with Crippen LogP contribution in [0.2, 0.25) is 0 Å². The maximum absolute atomic E-state index is 11.6. The second-order valence-electron chi connectivity index (χ2n) is 3.39. The van der Waals surface area contributed by atoms with Crippen LogP contribution in [-0.2, 0) is 20.4 Å². The highest BCUT2D eigenvalue weighted by molar-refractivity contribution is 7.89. The molecule has 4 saturated heterocycles. The van der Waals surface area contributed by atoms with Crippen molar-refractivity contribution in [2.75, 3.05) is 26.7 Å². The molecule has 0 aromatic carbocycles. The molecule has 0 aliphatic carbocycles. The van der Waals surface area contributed by atoms with Gasteiger partial charge in [0, 0.05) is 0 Å². The van der Waals surface area contributed by atoms with E-state index in [1.165, 1.54) is 0 Å². The van der Waals surface area contributed by atoms with Crippen LogP contribution in [0.25, 0.3) is 0 Å². The van der Waals surface area contributed by atoms with E-state index in [-0.39, 0.29) is 26.7 Å². The van der Waals surface area contributed by atoms with Crippen LogP contribution in [0.15, 0.2) is 0 Å². The summed E-state index contributed by atoms with van der Waals surface area (Å²) < 4.78 is 50.9. The van der Waals surface area contributed by atoms with E-state index in [2.05, 4.69) is 0 Å². The maximum Gasteiger partial charge on any atom is 0.286 e. The third kappa shape index (κ3) is 0.857. The number of rotatable bonds is 0. The molecule has 0 unspecified atom stereocenters. The van der Waals surface area contributed by atoms with Crippen molar-refractivity contribution >= 4 is 20.4 Å². The first-order valence-electron chi connectivity index (χ1n) is 3.93. The van der Waals surface area contributed by atoms with Crippen molar-refractivity contribution in [1.82, 2.24) is 17.2 Å². The molecule has 4 bridgehead atoms. The van der Waals surface area contributed by atoms with Gasteiger partial charge in [-0.25, -0.2) is 0 Å². The molecule has 0 saturated carbocycles. The summed E-state index contributed by atoms with van der Waals surface area (Å²) in [6.07, 6.45) is 0.